The van der Waals surface area contributed by atoms with Crippen LogP contribution in [0, 0.1) is 0 Å². The van der Waals surface area contributed by atoms with E-state index in [-0.39, 0.29) is 0 Å². The Morgan fingerprint density at radius 2 is 1.85 bits per heavy atom. The second-order valence-corrected chi connectivity index (χ2v) is 5.64. The van der Waals surface area contributed by atoms with Gasteiger partial charge in [0.15, 0.2) is 0 Å². The number of piperazine rings is 1. The van der Waals surface area contributed by atoms with Gasteiger partial charge in [-0.1, -0.05) is 13.8 Å². The molecule has 20 heavy (non-hydrogen) atoms. The van der Waals surface area contributed by atoms with Gasteiger partial charge in [-0.25, -0.2) is 4.98 Å². The molecule has 0 aliphatic carbocycles. The third-order valence-corrected chi connectivity index (χ3v) is 4.16. The van der Waals surface area contributed by atoms with Crippen LogP contribution in [0.4, 0.5) is 0 Å². The van der Waals surface area contributed by atoms with E-state index in [1.807, 2.05) is 12.5 Å². The summed E-state index contributed by atoms with van der Waals surface area (Å²) < 4.78 is 2.26. The van der Waals surface area contributed by atoms with Crippen LogP contribution in [0.3, 0.4) is 0 Å². The van der Waals surface area contributed by atoms with E-state index in [0.717, 1.165) is 39.1 Å². The van der Waals surface area contributed by atoms with Gasteiger partial charge in [-0.05, 0) is 19.4 Å². The summed E-state index contributed by atoms with van der Waals surface area (Å²) in [6.07, 6.45) is 6.30. The second kappa shape index (κ2) is 7.76. The molecule has 5 heteroatoms. The molecule has 114 valence electrons. The lowest BCUT2D eigenvalue weighted by Gasteiger charge is -2.39. The average Bonchev–Trinajstić information content (AvgIpc) is 2.91. The molecule has 0 amide bonds. The topological polar surface area (TPSA) is 50.3 Å². The van der Waals surface area contributed by atoms with Gasteiger partial charge >= 0.3 is 0 Å². The molecule has 5 nitrogen and oxygen atoms in total. The van der Waals surface area contributed by atoms with Gasteiger partial charge in [0.2, 0.25) is 0 Å². The fraction of sp³-hybridized carbons (Fsp3) is 0.800. The minimum absolute atomic E-state index is 0.313. The molecule has 1 aliphatic rings. The molecule has 2 rings (SSSR count). The first kappa shape index (κ1) is 15.5. The van der Waals surface area contributed by atoms with Gasteiger partial charge < -0.3 is 15.2 Å². The molecule has 0 spiro atoms. The van der Waals surface area contributed by atoms with E-state index in [0.29, 0.717) is 12.6 Å². The van der Waals surface area contributed by atoms with Gasteiger partial charge in [-0.15, -0.1) is 0 Å². The van der Waals surface area contributed by atoms with Crippen molar-refractivity contribution in [3.8, 4) is 0 Å². The van der Waals surface area contributed by atoms with E-state index in [9.17, 15) is 0 Å². The fourth-order valence-corrected chi connectivity index (χ4v) is 3.11. The molecule has 0 bridgehead atoms. The molecule has 2 N–H and O–H groups in total. The van der Waals surface area contributed by atoms with Crippen molar-refractivity contribution < 1.29 is 0 Å². The molecule has 2 heterocycles. The molecule has 0 aromatic carbocycles. The number of rotatable bonds is 7. The van der Waals surface area contributed by atoms with Gasteiger partial charge in [-0.3, -0.25) is 4.90 Å². The predicted octanol–water partition coefficient (Wildman–Crippen LogP) is 1.32. The Morgan fingerprint density at radius 3 is 2.45 bits per heavy atom. The van der Waals surface area contributed by atoms with Crippen LogP contribution >= 0.6 is 0 Å². The van der Waals surface area contributed by atoms with Crippen molar-refractivity contribution in [2.24, 2.45) is 5.73 Å². The number of imidazole rings is 1. The number of nitrogens with two attached hydrogens (primary N) is 1. The number of hydrogen-bond acceptors (Lipinski definition) is 4. The molecule has 1 aliphatic heterocycles. The van der Waals surface area contributed by atoms with Gasteiger partial charge in [0.25, 0.3) is 0 Å². The van der Waals surface area contributed by atoms with Crippen LogP contribution in [0.1, 0.15) is 38.4 Å². The Kier molecular flexibility index (Phi) is 6.01. The maximum atomic E-state index is 6.06. The summed E-state index contributed by atoms with van der Waals surface area (Å²) in [4.78, 5) is 9.39. The van der Waals surface area contributed by atoms with Crippen molar-refractivity contribution >= 4 is 0 Å². The molecule has 1 saturated heterocycles. The summed E-state index contributed by atoms with van der Waals surface area (Å²) in [7, 11) is 0. The van der Waals surface area contributed by atoms with Gasteiger partial charge in [-0.2, -0.15) is 0 Å². The Balaban J connectivity index is 2.00. The quantitative estimate of drug-likeness (QED) is 0.818. The van der Waals surface area contributed by atoms with E-state index in [1.165, 1.54) is 18.7 Å². The summed E-state index contributed by atoms with van der Waals surface area (Å²) in [5.41, 5.74) is 7.33. The second-order valence-electron chi connectivity index (χ2n) is 5.64. The monoisotopic (exact) mass is 279 g/mol. The lowest BCUT2D eigenvalue weighted by Crippen LogP contribution is -2.49. The molecule has 1 fully saturated rings. The Bertz CT molecular complexity index is 381. The highest BCUT2D eigenvalue weighted by Crippen LogP contribution is 2.21. The molecule has 1 aromatic heterocycles. The summed E-state index contributed by atoms with van der Waals surface area (Å²) in [6.45, 7) is 11.9. The summed E-state index contributed by atoms with van der Waals surface area (Å²) in [6, 6.07) is 0.313. The SMILES string of the molecule is CCCN1CCN(C(CN)c2cncn2CCC)CC1. The van der Waals surface area contributed by atoms with Crippen LogP contribution in [0.2, 0.25) is 0 Å². The van der Waals surface area contributed by atoms with Crippen molar-refractivity contribution in [1.29, 1.82) is 0 Å². The molecular weight excluding hydrogens is 250 g/mol. The Labute approximate surface area is 122 Å². The average molecular weight is 279 g/mol. The minimum atomic E-state index is 0.313. The number of nitrogens with zero attached hydrogens (tertiary/aromatic N) is 4. The third kappa shape index (κ3) is 3.59. The third-order valence-electron chi connectivity index (χ3n) is 4.16. The summed E-state index contributed by atoms with van der Waals surface area (Å²) >= 11 is 0. The predicted molar refractivity (Wildman–Crippen MR) is 82.6 cm³/mol. The van der Waals surface area contributed by atoms with Crippen molar-refractivity contribution in [3.63, 3.8) is 0 Å². The Hall–Kier alpha value is -0.910. The highest BCUT2D eigenvalue weighted by molar-refractivity contribution is 5.07. The molecule has 1 unspecified atom stereocenters. The zero-order valence-electron chi connectivity index (χ0n) is 13.0. The van der Waals surface area contributed by atoms with Gasteiger partial charge in [0, 0.05) is 45.5 Å². The summed E-state index contributed by atoms with van der Waals surface area (Å²) in [5, 5.41) is 0. The van der Waals surface area contributed by atoms with E-state index >= 15 is 0 Å². The molecule has 1 atom stereocenters. The number of aromatic nitrogens is 2. The molecule has 0 radical (unpaired) electrons. The van der Waals surface area contributed by atoms with Crippen LogP contribution in [0.15, 0.2) is 12.5 Å². The van der Waals surface area contributed by atoms with Crippen LogP contribution in [0.25, 0.3) is 0 Å². The van der Waals surface area contributed by atoms with Gasteiger partial charge in [0.1, 0.15) is 0 Å². The van der Waals surface area contributed by atoms with E-state index in [1.54, 1.807) is 0 Å². The van der Waals surface area contributed by atoms with Crippen molar-refractivity contribution in [2.75, 3.05) is 39.3 Å². The fourth-order valence-electron chi connectivity index (χ4n) is 3.11. The van der Waals surface area contributed by atoms with E-state index in [2.05, 4.69) is 33.2 Å². The maximum Gasteiger partial charge on any atom is 0.0948 e. The zero-order chi connectivity index (χ0) is 14.4. The lowest BCUT2D eigenvalue weighted by molar-refractivity contribution is 0.0954. The first-order valence-corrected chi connectivity index (χ1v) is 7.96. The Morgan fingerprint density at radius 1 is 1.15 bits per heavy atom. The van der Waals surface area contributed by atoms with Crippen molar-refractivity contribution in [2.45, 2.75) is 39.3 Å². The maximum absolute atomic E-state index is 6.06. The molecule has 0 saturated carbocycles. The van der Waals surface area contributed by atoms with Crippen LogP contribution in [-0.2, 0) is 6.54 Å². The minimum Gasteiger partial charge on any atom is -0.333 e. The number of aryl methyl sites for hydroxylation is 1. The lowest BCUT2D eigenvalue weighted by atomic mass is 10.1. The molecule has 1 aromatic rings. The van der Waals surface area contributed by atoms with E-state index in [4.69, 9.17) is 5.73 Å². The first-order chi connectivity index (χ1) is 9.80. The standard InChI is InChI=1S/C15H29N5/c1-3-5-18-7-9-19(10-8-18)14(11-16)15-12-17-13-20(15)6-4-2/h12-14H,3-11,16H2,1-2H3. The summed E-state index contributed by atoms with van der Waals surface area (Å²) in [5.74, 6) is 0. The zero-order valence-corrected chi connectivity index (χ0v) is 13.0. The van der Waals surface area contributed by atoms with Crippen LogP contribution < -0.4 is 5.73 Å². The largest absolute Gasteiger partial charge is 0.333 e. The molecular formula is C15H29N5. The normalized spacial score (nSPS) is 19.4. The highest BCUT2D eigenvalue weighted by atomic mass is 15.3. The number of hydrogen-bond donors (Lipinski definition) is 1. The van der Waals surface area contributed by atoms with Crippen molar-refractivity contribution in [1.82, 2.24) is 19.4 Å². The smallest absolute Gasteiger partial charge is 0.0948 e. The van der Waals surface area contributed by atoms with E-state index < -0.39 is 0 Å². The van der Waals surface area contributed by atoms with Crippen molar-refractivity contribution in [3.05, 3.63) is 18.2 Å². The van der Waals surface area contributed by atoms with Crippen LogP contribution in [-0.4, -0.2) is 58.6 Å². The first-order valence-electron chi connectivity index (χ1n) is 7.96. The van der Waals surface area contributed by atoms with Gasteiger partial charge in [0.05, 0.1) is 18.1 Å². The van der Waals surface area contributed by atoms with Crippen LogP contribution in [0.5, 0.6) is 0 Å². The highest BCUT2D eigenvalue weighted by Gasteiger charge is 2.25.